The lowest BCUT2D eigenvalue weighted by Gasteiger charge is -2.31. The van der Waals surface area contributed by atoms with E-state index < -0.39 is 0 Å². The average molecular weight is 332 g/mol. The topological polar surface area (TPSA) is 37.7 Å². The minimum Gasteiger partial charge on any atom is -0.474 e. The minimum atomic E-state index is 0.311. The first-order valence-electron chi connectivity index (χ1n) is 9.30. The van der Waals surface area contributed by atoms with Gasteiger partial charge in [0.2, 0.25) is 5.88 Å². The smallest absolute Gasteiger partial charge is 0.216 e. The minimum absolute atomic E-state index is 0.311. The van der Waals surface area contributed by atoms with E-state index in [1.54, 1.807) is 0 Å². The Balaban J connectivity index is 2.02. The van der Waals surface area contributed by atoms with Crippen LogP contribution in [0.1, 0.15) is 57.7 Å². The molecule has 1 aromatic rings. The van der Waals surface area contributed by atoms with Gasteiger partial charge in [0.05, 0.1) is 17.7 Å². The summed E-state index contributed by atoms with van der Waals surface area (Å²) in [5, 5.41) is 0. The molecule has 1 aliphatic rings. The lowest BCUT2D eigenvalue weighted by atomic mass is 9.80. The fourth-order valence-electron chi connectivity index (χ4n) is 3.19. The van der Waals surface area contributed by atoms with Crippen molar-refractivity contribution in [1.29, 1.82) is 0 Å². The van der Waals surface area contributed by atoms with Crippen LogP contribution in [0.15, 0.2) is 11.1 Å². The summed E-state index contributed by atoms with van der Waals surface area (Å²) in [5.74, 6) is 2.42. The number of aryl methyl sites for hydroxylation is 2. The number of ether oxygens (including phenoxy) is 1. The molecule has 0 atom stereocenters. The number of hydrogen-bond acceptors (Lipinski definition) is 3. The van der Waals surface area contributed by atoms with E-state index >= 15 is 0 Å². The molecule has 0 radical (unpaired) electrons. The molecule has 4 nitrogen and oxygen atoms in total. The van der Waals surface area contributed by atoms with E-state index in [9.17, 15) is 0 Å². The molecule has 0 saturated heterocycles. The molecule has 1 heterocycles. The molecule has 4 heteroatoms. The van der Waals surface area contributed by atoms with Crippen LogP contribution >= 0.6 is 0 Å². The van der Waals surface area contributed by atoms with E-state index in [-0.39, 0.29) is 0 Å². The van der Waals surface area contributed by atoms with E-state index in [1.165, 1.54) is 12.8 Å². The van der Waals surface area contributed by atoms with E-state index in [0.717, 1.165) is 54.0 Å². The Morgan fingerprint density at radius 3 is 2.54 bits per heavy atom. The van der Waals surface area contributed by atoms with Gasteiger partial charge in [-0.3, -0.25) is 0 Å². The number of aliphatic imine (C=N–C) groups is 1. The standard InChI is InChI=1S/C20H33N3O/c1-7-23(6)13-21-19-12-15(4)20(22-16(19)5)24-18-10-8-17(9-11-18)14(2)3/h12-14,17-18H,7-11H2,1-6H3/b21-13+. The van der Waals surface area contributed by atoms with Crippen LogP contribution < -0.4 is 4.74 Å². The van der Waals surface area contributed by atoms with Crippen LogP contribution in [0.25, 0.3) is 0 Å². The number of nitrogens with zero attached hydrogens (tertiary/aromatic N) is 3. The molecule has 0 aliphatic heterocycles. The monoisotopic (exact) mass is 331 g/mol. The van der Waals surface area contributed by atoms with Crippen LogP contribution in [-0.2, 0) is 0 Å². The highest BCUT2D eigenvalue weighted by molar-refractivity contribution is 5.62. The summed E-state index contributed by atoms with van der Waals surface area (Å²) < 4.78 is 6.22. The van der Waals surface area contributed by atoms with Gasteiger partial charge in [0.1, 0.15) is 6.10 Å². The normalized spacial score (nSPS) is 21.5. The van der Waals surface area contributed by atoms with Crippen LogP contribution in [0.5, 0.6) is 5.88 Å². The van der Waals surface area contributed by atoms with Gasteiger partial charge in [0.15, 0.2) is 0 Å². The Labute approximate surface area is 147 Å². The van der Waals surface area contributed by atoms with Gasteiger partial charge in [0, 0.05) is 19.2 Å². The van der Waals surface area contributed by atoms with E-state index in [4.69, 9.17) is 4.74 Å². The largest absolute Gasteiger partial charge is 0.474 e. The van der Waals surface area contributed by atoms with Crippen molar-refractivity contribution in [2.45, 2.75) is 66.4 Å². The Hall–Kier alpha value is -1.58. The van der Waals surface area contributed by atoms with E-state index in [2.05, 4.69) is 43.7 Å². The van der Waals surface area contributed by atoms with Crippen molar-refractivity contribution in [2.75, 3.05) is 13.6 Å². The third kappa shape index (κ3) is 4.96. The van der Waals surface area contributed by atoms with Crippen molar-refractivity contribution < 1.29 is 4.74 Å². The second-order valence-corrected chi connectivity index (χ2v) is 7.43. The summed E-state index contributed by atoms with van der Waals surface area (Å²) in [5.41, 5.74) is 2.91. The highest BCUT2D eigenvalue weighted by Crippen LogP contribution is 2.33. The zero-order chi connectivity index (χ0) is 17.7. The summed E-state index contributed by atoms with van der Waals surface area (Å²) in [6, 6.07) is 2.08. The number of aromatic nitrogens is 1. The highest BCUT2D eigenvalue weighted by atomic mass is 16.5. The van der Waals surface area contributed by atoms with Crippen molar-refractivity contribution in [3.05, 3.63) is 17.3 Å². The number of rotatable bonds is 6. The Kier molecular flexibility index (Phi) is 6.64. The fraction of sp³-hybridized carbons (Fsp3) is 0.700. The zero-order valence-corrected chi connectivity index (χ0v) is 16.2. The van der Waals surface area contributed by atoms with Crippen LogP contribution in [-0.4, -0.2) is 35.9 Å². The second kappa shape index (κ2) is 8.50. The quantitative estimate of drug-likeness (QED) is 0.549. The molecule has 134 valence electrons. The molecule has 1 fully saturated rings. The summed E-state index contributed by atoms with van der Waals surface area (Å²) >= 11 is 0. The molecule has 0 bridgehead atoms. The van der Waals surface area contributed by atoms with Gasteiger partial charge in [-0.2, -0.15) is 0 Å². The van der Waals surface area contributed by atoms with Crippen molar-refractivity contribution in [2.24, 2.45) is 16.8 Å². The summed E-state index contributed by atoms with van der Waals surface area (Å²) in [7, 11) is 2.02. The Morgan fingerprint density at radius 1 is 1.29 bits per heavy atom. The van der Waals surface area contributed by atoms with Crippen molar-refractivity contribution in [1.82, 2.24) is 9.88 Å². The van der Waals surface area contributed by atoms with Crippen LogP contribution in [0, 0.1) is 25.7 Å². The molecule has 0 unspecified atom stereocenters. The van der Waals surface area contributed by atoms with E-state index in [0.29, 0.717) is 6.10 Å². The van der Waals surface area contributed by atoms with Gasteiger partial charge in [-0.15, -0.1) is 0 Å². The third-order valence-corrected chi connectivity index (χ3v) is 5.16. The molecule has 24 heavy (non-hydrogen) atoms. The lowest BCUT2D eigenvalue weighted by molar-refractivity contribution is 0.111. The van der Waals surface area contributed by atoms with Crippen molar-refractivity contribution >= 4 is 12.0 Å². The molecular formula is C20H33N3O. The van der Waals surface area contributed by atoms with Crippen molar-refractivity contribution in [3.63, 3.8) is 0 Å². The van der Waals surface area contributed by atoms with Crippen LogP contribution in [0.3, 0.4) is 0 Å². The first-order valence-corrected chi connectivity index (χ1v) is 9.30. The van der Waals surface area contributed by atoms with E-state index in [1.807, 2.05) is 25.2 Å². The third-order valence-electron chi connectivity index (χ3n) is 5.16. The maximum absolute atomic E-state index is 6.22. The molecule has 0 aromatic carbocycles. The van der Waals surface area contributed by atoms with Crippen LogP contribution in [0.2, 0.25) is 0 Å². The van der Waals surface area contributed by atoms with Gasteiger partial charge in [-0.1, -0.05) is 13.8 Å². The fourth-order valence-corrected chi connectivity index (χ4v) is 3.19. The lowest BCUT2D eigenvalue weighted by Crippen LogP contribution is -2.26. The van der Waals surface area contributed by atoms with Gasteiger partial charge in [-0.25, -0.2) is 9.98 Å². The molecule has 1 saturated carbocycles. The van der Waals surface area contributed by atoms with Gasteiger partial charge < -0.3 is 9.64 Å². The van der Waals surface area contributed by atoms with Gasteiger partial charge >= 0.3 is 0 Å². The predicted octanol–water partition coefficient (Wildman–Crippen LogP) is 4.90. The van der Waals surface area contributed by atoms with Crippen molar-refractivity contribution in [3.8, 4) is 5.88 Å². The van der Waals surface area contributed by atoms with Crippen LogP contribution in [0.4, 0.5) is 5.69 Å². The molecule has 0 N–H and O–H groups in total. The first kappa shape index (κ1) is 18.8. The highest BCUT2D eigenvalue weighted by Gasteiger charge is 2.25. The maximum Gasteiger partial charge on any atom is 0.216 e. The molecule has 0 spiro atoms. The summed E-state index contributed by atoms with van der Waals surface area (Å²) in [6.07, 6.45) is 7.00. The average Bonchev–Trinajstić information content (AvgIpc) is 2.56. The summed E-state index contributed by atoms with van der Waals surface area (Å²) in [6.45, 7) is 11.8. The Bertz CT molecular complexity index is 560. The summed E-state index contributed by atoms with van der Waals surface area (Å²) in [4.78, 5) is 11.3. The molecule has 0 amide bonds. The molecule has 2 rings (SSSR count). The second-order valence-electron chi connectivity index (χ2n) is 7.43. The predicted molar refractivity (Wildman–Crippen MR) is 101 cm³/mol. The molecule has 1 aromatic heterocycles. The van der Waals surface area contributed by atoms with Gasteiger partial charge in [0.25, 0.3) is 0 Å². The SMILES string of the molecule is CCN(C)/C=N/c1cc(C)c(OC2CCC(C(C)C)CC2)nc1C. The zero-order valence-electron chi connectivity index (χ0n) is 16.2. The first-order chi connectivity index (χ1) is 11.4. The number of hydrogen-bond donors (Lipinski definition) is 0. The Morgan fingerprint density at radius 2 is 1.96 bits per heavy atom. The molecule has 1 aliphatic carbocycles. The maximum atomic E-state index is 6.22. The number of pyridine rings is 1. The molecular weight excluding hydrogens is 298 g/mol. The van der Waals surface area contributed by atoms with Gasteiger partial charge in [-0.05, 0) is 64.4 Å².